The topological polar surface area (TPSA) is 51.4 Å². The van der Waals surface area contributed by atoms with Gasteiger partial charge in [-0.3, -0.25) is 4.90 Å². The Morgan fingerprint density at radius 1 is 1.26 bits per heavy atom. The molecule has 2 aromatic rings. The summed E-state index contributed by atoms with van der Waals surface area (Å²) in [7, 11) is 1.72. The average Bonchev–Trinajstić information content (AvgIpc) is 3.22. The van der Waals surface area contributed by atoms with Crippen LogP contribution < -0.4 is 10.5 Å². The summed E-state index contributed by atoms with van der Waals surface area (Å²) in [4.78, 5) is 7.05. The van der Waals surface area contributed by atoms with Gasteiger partial charge in [-0.1, -0.05) is 31.9 Å². The number of aromatic nitrogens is 1. The molecule has 1 saturated carbocycles. The molecule has 144 valence electrons. The molecule has 0 aliphatic heterocycles. The van der Waals surface area contributed by atoms with Crippen LogP contribution in [0.1, 0.15) is 43.7 Å². The van der Waals surface area contributed by atoms with Crippen LogP contribution in [-0.2, 0) is 13.0 Å². The van der Waals surface area contributed by atoms with E-state index in [0.717, 1.165) is 36.5 Å². The van der Waals surface area contributed by atoms with Crippen molar-refractivity contribution in [3.05, 3.63) is 54.1 Å². The van der Waals surface area contributed by atoms with Gasteiger partial charge in [0.1, 0.15) is 11.6 Å². The van der Waals surface area contributed by atoms with E-state index in [1.807, 2.05) is 18.2 Å². The molecule has 0 unspecified atom stereocenters. The fourth-order valence-corrected chi connectivity index (χ4v) is 4.11. The first kappa shape index (κ1) is 19.4. The van der Waals surface area contributed by atoms with Gasteiger partial charge in [0, 0.05) is 24.7 Å². The average molecular weight is 366 g/mol. The second-order valence-corrected chi connectivity index (χ2v) is 7.28. The number of nitrogens with two attached hydrogens (primary N) is 1. The predicted octanol–water partition coefficient (Wildman–Crippen LogP) is 4.83. The highest BCUT2D eigenvalue weighted by Gasteiger charge is 2.23. The number of hydrogen-bond acceptors (Lipinski definition) is 4. The number of hydrogen-bond donors (Lipinski definition) is 1. The lowest BCUT2D eigenvalue weighted by Crippen LogP contribution is -2.33. The standard InChI is InChI=1S/C23H31N3O/c1-4-13-26(19-9-6-7-10-19)16-18-15-22(27-3)20(14-17(18)5-2)21-11-8-12-23(24)25-21/h4,8,11-12,14-15,19H,1,5-7,9-10,13,16H2,2-3H3,(H2,24,25). The highest BCUT2D eigenvalue weighted by atomic mass is 16.5. The van der Waals surface area contributed by atoms with Crippen molar-refractivity contribution in [1.29, 1.82) is 0 Å². The summed E-state index contributed by atoms with van der Waals surface area (Å²) in [5.41, 5.74) is 10.4. The number of nitrogen functional groups attached to an aromatic ring is 1. The Morgan fingerprint density at radius 2 is 2.04 bits per heavy atom. The summed E-state index contributed by atoms with van der Waals surface area (Å²) in [6.45, 7) is 8.03. The van der Waals surface area contributed by atoms with Gasteiger partial charge in [0.2, 0.25) is 0 Å². The lowest BCUT2D eigenvalue weighted by atomic mass is 9.97. The highest BCUT2D eigenvalue weighted by Crippen LogP contribution is 2.34. The number of aryl methyl sites for hydroxylation is 1. The van der Waals surface area contributed by atoms with Crippen molar-refractivity contribution in [2.24, 2.45) is 0 Å². The Kier molecular flexibility index (Phi) is 6.51. The quantitative estimate of drug-likeness (QED) is 0.681. The van der Waals surface area contributed by atoms with E-state index >= 15 is 0 Å². The summed E-state index contributed by atoms with van der Waals surface area (Å²) in [6.07, 6.45) is 8.24. The zero-order chi connectivity index (χ0) is 19.2. The van der Waals surface area contributed by atoms with Crippen molar-refractivity contribution in [3.8, 4) is 17.0 Å². The van der Waals surface area contributed by atoms with E-state index in [0.29, 0.717) is 11.9 Å². The van der Waals surface area contributed by atoms with Crippen LogP contribution in [0.15, 0.2) is 43.0 Å². The summed E-state index contributed by atoms with van der Waals surface area (Å²) >= 11 is 0. The Labute approximate surface area is 163 Å². The van der Waals surface area contributed by atoms with Crippen LogP contribution in [0.4, 0.5) is 5.82 Å². The van der Waals surface area contributed by atoms with Gasteiger partial charge in [-0.05, 0) is 54.7 Å². The van der Waals surface area contributed by atoms with E-state index in [9.17, 15) is 0 Å². The molecule has 4 heteroatoms. The molecule has 1 aromatic carbocycles. The molecule has 0 bridgehead atoms. The van der Waals surface area contributed by atoms with Crippen molar-refractivity contribution >= 4 is 5.82 Å². The van der Waals surface area contributed by atoms with Gasteiger partial charge < -0.3 is 10.5 Å². The van der Waals surface area contributed by atoms with E-state index in [2.05, 4.69) is 35.5 Å². The number of anilines is 1. The maximum Gasteiger partial charge on any atom is 0.128 e. The molecule has 4 nitrogen and oxygen atoms in total. The Balaban J connectivity index is 1.96. The summed E-state index contributed by atoms with van der Waals surface area (Å²) in [6, 6.07) is 10.8. The summed E-state index contributed by atoms with van der Waals surface area (Å²) in [5.74, 6) is 1.38. The molecular weight excluding hydrogens is 334 g/mol. The zero-order valence-corrected chi connectivity index (χ0v) is 16.6. The Morgan fingerprint density at radius 3 is 2.67 bits per heavy atom. The number of rotatable bonds is 8. The van der Waals surface area contributed by atoms with Gasteiger partial charge >= 0.3 is 0 Å². The molecule has 3 rings (SSSR count). The molecule has 0 spiro atoms. The highest BCUT2D eigenvalue weighted by molar-refractivity contribution is 5.70. The molecule has 0 saturated heterocycles. The lowest BCUT2D eigenvalue weighted by Gasteiger charge is -2.29. The second kappa shape index (κ2) is 9.05. The molecule has 1 aliphatic rings. The van der Waals surface area contributed by atoms with Crippen molar-refractivity contribution in [1.82, 2.24) is 9.88 Å². The molecular formula is C23H31N3O. The smallest absolute Gasteiger partial charge is 0.128 e. The van der Waals surface area contributed by atoms with Gasteiger partial charge in [0.25, 0.3) is 0 Å². The third kappa shape index (κ3) is 4.51. The first-order valence-electron chi connectivity index (χ1n) is 9.93. The number of pyridine rings is 1. The fourth-order valence-electron chi connectivity index (χ4n) is 4.11. The molecule has 1 aliphatic carbocycles. The number of methoxy groups -OCH3 is 1. The van der Waals surface area contributed by atoms with Gasteiger partial charge in [-0.2, -0.15) is 0 Å². The molecule has 1 aromatic heterocycles. The van der Waals surface area contributed by atoms with E-state index in [-0.39, 0.29) is 0 Å². The largest absolute Gasteiger partial charge is 0.496 e. The van der Waals surface area contributed by atoms with Crippen LogP contribution in [0.3, 0.4) is 0 Å². The minimum Gasteiger partial charge on any atom is -0.496 e. The van der Waals surface area contributed by atoms with Gasteiger partial charge in [0.05, 0.1) is 12.8 Å². The van der Waals surface area contributed by atoms with Crippen molar-refractivity contribution < 1.29 is 4.74 Å². The van der Waals surface area contributed by atoms with E-state index in [1.54, 1.807) is 13.2 Å². The van der Waals surface area contributed by atoms with Crippen LogP contribution in [-0.4, -0.2) is 29.6 Å². The normalized spacial score (nSPS) is 14.6. The van der Waals surface area contributed by atoms with Gasteiger partial charge in [0.15, 0.2) is 0 Å². The second-order valence-electron chi connectivity index (χ2n) is 7.28. The monoisotopic (exact) mass is 365 g/mol. The first-order chi connectivity index (χ1) is 13.2. The number of benzene rings is 1. The number of nitrogens with zero attached hydrogens (tertiary/aromatic N) is 2. The van der Waals surface area contributed by atoms with Crippen LogP contribution in [0, 0.1) is 0 Å². The lowest BCUT2D eigenvalue weighted by molar-refractivity contribution is 0.211. The minimum atomic E-state index is 0.523. The van der Waals surface area contributed by atoms with Crippen molar-refractivity contribution in [2.45, 2.75) is 51.6 Å². The third-order valence-electron chi connectivity index (χ3n) is 5.53. The maximum atomic E-state index is 5.89. The molecule has 0 amide bonds. The third-order valence-corrected chi connectivity index (χ3v) is 5.53. The SMILES string of the molecule is C=CCN(Cc1cc(OC)c(-c2cccc(N)n2)cc1CC)C1CCCC1. The number of ether oxygens (including phenoxy) is 1. The van der Waals surface area contributed by atoms with Gasteiger partial charge in [-0.25, -0.2) is 4.98 Å². The van der Waals surface area contributed by atoms with Crippen LogP contribution in [0.2, 0.25) is 0 Å². The zero-order valence-electron chi connectivity index (χ0n) is 16.6. The van der Waals surface area contributed by atoms with E-state index < -0.39 is 0 Å². The van der Waals surface area contributed by atoms with Crippen LogP contribution >= 0.6 is 0 Å². The molecule has 27 heavy (non-hydrogen) atoms. The fraction of sp³-hybridized carbons (Fsp3) is 0.435. The maximum absolute atomic E-state index is 5.89. The van der Waals surface area contributed by atoms with Crippen LogP contribution in [0.5, 0.6) is 5.75 Å². The Bertz CT molecular complexity index is 781. The molecule has 0 atom stereocenters. The summed E-state index contributed by atoms with van der Waals surface area (Å²) < 4.78 is 5.73. The van der Waals surface area contributed by atoms with E-state index in [4.69, 9.17) is 10.5 Å². The predicted molar refractivity (Wildman–Crippen MR) is 113 cm³/mol. The Hall–Kier alpha value is -2.33. The molecule has 2 N–H and O–H groups in total. The molecule has 0 radical (unpaired) electrons. The van der Waals surface area contributed by atoms with Crippen molar-refractivity contribution in [3.63, 3.8) is 0 Å². The molecule has 1 heterocycles. The van der Waals surface area contributed by atoms with E-state index in [1.165, 1.54) is 36.8 Å². The first-order valence-corrected chi connectivity index (χ1v) is 9.93. The van der Waals surface area contributed by atoms with Crippen LogP contribution in [0.25, 0.3) is 11.3 Å². The summed E-state index contributed by atoms with van der Waals surface area (Å²) in [5, 5.41) is 0. The molecule has 1 fully saturated rings. The minimum absolute atomic E-state index is 0.523. The van der Waals surface area contributed by atoms with Crippen molar-refractivity contribution in [2.75, 3.05) is 19.4 Å². The van der Waals surface area contributed by atoms with Gasteiger partial charge in [-0.15, -0.1) is 6.58 Å².